The molecule has 0 spiro atoms. The van der Waals surface area contributed by atoms with Gasteiger partial charge in [0.05, 0.1) is 0 Å². The predicted octanol–water partition coefficient (Wildman–Crippen LogP) is 2.64. The molecule has 25 heavy (non-hydrogen) atoms. The predicted molar refractivity (Wildman–Crippen MR) is 95.6 cm³/mol. The van der Waals surface area contributed by atoms with Crippen molar-refractivity contribution >= 4 is 5.91 Å². The van der Waals surface area contributed by atoms with E-state index >= 15 is 0 Å². The summed E-state index contributed by atoms with van der Waals surface area (Å²) in [7, 11) is 1.58. The first kappa shape index (κ1) is 16.1. The number of carbonyl (C=O) groups excluding carboxylic acids is 1. The molecule has 1 heterocycles. The Morgan fingerprint density at radius 2 is 1.84 bits per heavy atom. The first-order chi connectivity index (χ1) is 12.0. The van der Waals surface area contributed by atoms with Crippen LogP contribution in [0.2, 0.25) is 0 Å². The lowest BCUT2D eigenvalue weighted by atomic mass is 9.73. The number of nitrogens with zero attached hydrogens (tertiary/aromatic N) is 3. The highest BCUT2D eigenvalue weighted by atomic mass is 16.2. The monoisotopic (exact) mass is 337 g/mol. The molecular formula is C20H23N3O2. The van der Waals surface area contributed by atoms with E-state index in [-0.39, 0.29) is 17.5 Å². The maximum atomic E-state index is 13.0. The van der Waals surface area contributed by atoms with E-state index in [9.17, 15) is 9.59 Å². The molecule has 1 amide bonds. The van der Waals surface area contributed by atoms with Gasteiger partial charge in [0.2, 0.25) is 0 Å². The number of rotatable bonds is 4. The first-order valence-electron chi connectivity index (χ1n) is 8.97. The Bertz CT molecular complexity index is 863. The average molecular weight is 337 g/mol. The Hall–Kier alpha value is -2.43. The standard InChI is InChI=1S/C20H23N3O2/c1-13-5-3-4-6-17(13)14-11-16(12-14)23(15-7-8-15)20(25)18-9-10-19(24)22(2)21-18/h3-6,9-10,14-16H,7-8,11-12H2,1-2H3. The van der Waals surface area contributed by atoms with Crippen molar-refractivity contribution in [2.24, 2.45) is 7.05 Å². The Kier molecular flexibility index (Phi) is 3.94. The van der Waals surface area contributed by atoms with Crippen molar-refractivity contribution in [2.45, 2.75) is 50.6 Å². The number of carbonyl (C=O) groups is 1. The normalized spacial score (nSPS) is 22.3. The molecule has 0 aliphatic heterocycles. The summed E-state index contributed by atoms with van der Waals surface area (Å²) in [5.74, 6) is 0.500. The summed E-state index contributed by atoms with van der Waals surface area (Å²) >= 11 is 0. The minimum Gasteiger partial charge on any atom is -0.331 e. The summed E-state index contributed by atoms with van der Waals surface area (Å²) in [6, 6.07) is 12.1. The summed E-state index contributed by atoms with van der Waals surface area (Å²) in [5.41, 5.74) is 2.91. The molecule has 5 heteroatoms. The van der Waals surface area contributed by atoms with Gasteiger partial charge in [0.25, 0.3) is 11.5 Å². The van der Waals surface area contributed by atoms with Crippen molar-refractivity contribution in [3.8, 4) is 0 Å². The van der Waals surface area contributed by atoms with E-state index < -0.39 is 0 Å². The van der Waals surface area contributed by atoms with Crippen molar-refractivity contribution in [2.75, 3.05) is 0 Å². The van der Waals surface area contributed by atoms with Crippen LogP contribution < -0.4 is 5.56 Å². The number of aryl methyl sites for hydroxylation is 2. The molecular weight excluding hydrogens is 314 g/mol. The first-order valence-corrected chi connectivity index (χ1v) is 8.97. The molecule has 2 aliphatic rings. The molecule has 0 bridgehead atoms. The van der Waals surface area contributed by atoms with Crippen LogP contribution in [0.1, 0.15) is 53.2 Å². The molecule has 1 aromatic carbocycles. The summed E-state index contributed by atoms with van der Waals surface area (Å²) in [5, 5.41) is 4.15. The quantitative estimate of drug-likeness (QED) is 0.862. The van der Waals surface area contributed by atoms with E-state index in [0.717, 1.165) is 25.7 Å². The number of benzene rings is 1. The van der Waals surface area contributed by atoms with Crippen molar-refractivity contribution in [3.63, 3.8) is 0 Å². The van der Waals surface area contributed by atoms with Gasteiger partial charge in [0.15, 0.2) is 0 Å². The van der Waals surface area contributed by atoms with Crippen LogP contribution in [0.15, 0.2) is 41.2 Å². The molecule has 0 saturated heterocycles. The third kappa shape index (κ3) is 2.99. The molecule has 1 aromatic heterocycles. The number of amides is 1. The largest absolute Gasteiger partial charge is 0.331 e. The highest BCUT2D eigenvalue weighted by molar-refractivity contribution is 5.92. The average Bonchev–Trinajstić information content (AvgIpc) is 3.38. The highest BCUT2D eigenvalue weighted by Gasteiger charge is 2.44. The van der Waals surface area contributed by atoms with Gasteiger partial charge in [0.1, 0.15) is 5.69 Å². The van der Waals surface area contributed by atoms with Gasteiger partial charge in [-0.15, -0.1) is 0 Å². The van der Waals surface area contributed by atoms with Gasteiger partial charge in [0, 0.05) is 25.2 Å². The number of hydrogen-bond acceptors (Lipinski definition) is 3. The summed E-state index contributed by atoms with van der Waals surface area (Å²) < 4.78 is 1.23. The van der Waals surface area contributed by atoms with E-state index in [2.05, 4.69) is 36.3 Å². The maximum absolute atomic E-state index is 13.0. The molecule has 0 radical (unpaired) electrons. The van der Waals surface area contributed by atoms with Crippen LogP contribution in [0, 0.1) is 6.92 Å². The van der Waals surface area contributed by atoms with Gasteiger partial charge < -0.3 is 4.90 Å². The third-order valence-electron chi connectivity index (χ3n) is 5.49. The van der Waals surface area contributed by atoms with E-state index in [4.69, 9.17) is 0 Å². The molecule has 4 rings (SSSR count). The topological polar surface area (TPSA) is 55.2 Å². The minimum atomic E-state index is -0.196. The summed E-state index contributed by atoms with van der Waals surface area (Å²) in [6.07, 6.45) is 4.17. The Morgan fingerprint density at radius 1 is 1.12 bits per heavy atom. The second-order valence-electron chi connectivity index (χ2n) is 7.30. The molecule has 0 unspecified atom stereocenters. The zero-order chi connectivity index (χ0) is 17.6. The fourth-order valence-electron chi connectivity index (χ4n) is 3.84. The fourth-order valence-corrected chi connectivity index (χ4v) is 3.84. The zero-order valence-corrected chi connectivity index (χ0v) is 14.7. The fraction of sp³-hybridized carbons (Fsp3) is 0.450. The van der Waals surface area contributed by atoms with Crippen LogP contribution in [-0.2, 0) is 7.05 Å². The van der Waals surface area contributed by atoms with Gasteiger partial charge in [-0.3, -0.25) is 9.59 Å². The van der Waals surface area contributed by atoms with Gasteiger partial charge >= 0.3 is 0 Å². The van der Waals surface area contributed by atoms with Crippen molar-refractivity contribution < 1.29 is 4.79 Å². The van der Waals surface area contributed by atoms with Crippen LogP contribution in [0.4, 0.5) is 0 Å². The lowest BCUT2D eigenvalue weighted by molar-refractivity contribution is 0.0508. The minimum absolute atomic E-state index is 0.0358. The van der Waals surface area contributed by atoms with Crippen LogP contribution in [0.25, 0.3) is 0 Å². The molecule has 2 aromatic rings. The van der Waals surface area contributed by atoms with Gasteiger partial charge in [-0.05, 0) is 55.7 Å². The van der Waals surface area contributed by atoms with Crippen LogP contribution >= 0.6 is 0 Å². The van der Waals surface area contributed by atoms with Crippen molar-refractivity contribution in [3.05, 3.63) is 63.6 Å². The van der Waals surface area contributed by atoms with Gasteiger partial charge in [-0.2, -0.15) is 5.10 Å². The molecule has 5 nitrogen and oxygen atoms in total. The van der Waals surface area contributed by atoms with Gasteiger partial charge in [-0.1, -0.05) is 24.3 Å². The van der Waals surface area contributed by atoms with Crippen molar-refractivity contribution in [1.29, 1.82) is 0 Å². The molecule has 2 saturated carbocycles. The molecule has 2 aliphatic carbocycles. The molecule has 0 atom stereocenters. The molecule has 0 N–H and O–H groups in total. The SMILES string of the molecule is Cc1ccccc1C1CC(N(C(=O)c2ccc(=O)n(C)n2)C2CC2)C1. The van der Waals surface area contributed by atoms with E-state index in [0.29, 0.717) is 17.7 Å². The lowest BCUT2D eigenvalue weighted by Crippen LogP contribution is -2.49. The third-order valence-corrected chi connectivity index (χ3v) is 5.49. The Balaban J connectivity index is 1.51. The zero-order valence-electron chi connectivity index (χ0n) is 14.7. The number of aromatic nitrogens is 2. The van der Waals surface area contributed by atoms with E-state index in [1.807, 2.05) is 4.90 Å². The second kappa shape index (κ2) is 6.14. The molecule has 2 fully saturated rings. The van der Waals surface area contributed by atoms with Crippen molar-refractivity contribution in [1.82, 2.24) is 14.7 Å². The highest BCUT2D eigenvalue weighted by Crippen LogP contribution is 2.44. The second-order valence-corrected chi connectivity index (χ2v) is 7.30. The van der Waals surface area contributed by atoms with E-state index in [1.54, 1.807) is 13.1 Å². The Labute approximate surface area is 147 Å². The van der Waals surface area contributed by atoms with E-state index in [1.165, 1.54) is 21.9 Å². The van der Waals surface area contributed by atoms with Crippen LogP contribution in [0.3, 0.4) is 0 Å². The summed E-state index contributed by atoms with van der Waals surface area (Å²) in [6.45, 7) is 2.15. The summed E-state index contributed by atoms with van der Waals surface area (Å²) in [4.78, 5) is 26.5. The van der Waals surface area contributed by atoms with Crippen LogP contribution in [0.5, 0.6) is 0 Å². The lowest BCUT2D eigenvalue weighted by Gasteiger charge is -2.43. The number of hydrogen-bond donors (Lipinski definition) is 0. The Morgan fingerprint density at radius 3 is 2.48 bits per heavy atom. The maximum Gasteiger partial charge on any atom is 0.274 e. The van der Waals surface area contributed by atoms with Gasteiger partial charge in [-0.25, -0.2) is 4.68 Å². The smallest absolute Gasteiger partial charge is 0.274 e. The molecule has 130 valence electrons. The van der Waals surface area contributed by atoms with Crippen LogP contribution in [-0.4, -0.2) is 32.7 Å².